The largest absolute Gasteiger partial charge is 0.467 e. The van der Waals surface area contributed by atoms with Crippen molar-refractivity contribution in [1.82, 2.24) is 5.32 Å². The fourth-order valence-electron chi connectivity index (χ4n) is 1.53. The Morgan fingerprint density at radius 1 is 1.56 bits per heavy atom. The zero-order valence-electron chi connectivity index (χ0n) is 10.6. The van der Waals surface area contributed by atoms with E-state index in [2.05, 4.69) is 10.1 Å². The van der Waals surface area contributed by atoms with Crippen LogP contribution in [0.1, 0.15) is 27.0 Å². The number of amides is 1. The van der Waals surface area contributed by atoms with E-state index in [9.17, 15) is 9.59 Å². The summed E-state index contributed by atoms with van der Waals surface area (Å²) >= 11 is 1.39. The molecule has 1 aromatic heterocycles. The van der Waals surface area contributed by atoms with E-state index >= 15 is 0 Å². The van der Waals surface area contributed by atoms with Gasteiger partial charge in [0.15, 0.2) is 6.04 Å². The lowest BCUT2D eigenvalue weighted by molar-refractivity contribution is -0.143. The van der Waals surface area contributed by atoms with E-state index in [4.69, 9.17) is 5.11 Å². The molecule has 1 unspecified atom stereocenters. The average Bonchev–Trinajstić information content (AvgIpc) is 2.76. The van der Waals surface area contributed by atoms with Crippen LogP contribution in [0.4, 0.5) is 0 Å². The molecule has 2 N–H and O–H groups in total. The van der Waals surface area contributed by atoms with Gasteiger partial charge in [0.1, 0.15) is 0 Å². The smallest absolute Gasteiger partial charge is 0.330 e. The van der Waals surface area contributed by atoms with Gasteiger partial charge in [0.25, 0.3) is 5.91 Å². The molecule has 0 saturated carbocycles. The van der Waals surface area contributed by atoms with Crippen molar-refractivity contribution in [2.24, 2.45) is 0 Å². The Morgan fingerprint density at radius 3 is 2.67 bits per heavy atom. The highest BCUT2D eigenvalue weighted by Gasteiger charge is 2.22. The number of thiophene rings is 1. The highest BCUT2D eigenvalue weighted by atomic mass is 32.1. The van der Waals surface area contributed by atoms with Gasteiger partial charge in [-0.3, -0.25) is 4.79 Å². The van der Waals surface area contributed by atoms with Crippen LogP contribution < -0.4 is 5.32 Å². The van der Waals surface area contributed by atoms with Gasteiger partial charge < -0.3 is 15.2 Å². The first-order valence-corrected chi connectivity index (χ1v) is 6.44. The number of hydrogen-bond donors (Lipinski definition) is 2. The Morgan fingerprint density at radius 2 is 2.22 bits per heavy atom. The molecule has 1 atom stereocenters. The molecule has 1 rings (SSSR count). The van der Waals surface area contributed by atoms with Crippen molar-refractivity contribution in [3.05, 3.63) is 21.4 Å². The minimum atomic E-state index is -1.02. The van der Waals surface area contributed by atoms with Gasteiger partial charge in [-0.2, -0.15) is 0 Å². The molecule has 1 amide bonds. The Labute approximate surface area is 110 Å². The molecule has 0 bridgehead atoms. The van der Waals surface area contributed by atoms with Crippen molar-refractivity contribution < 1.29 is 19.4 Å². The fourth-order valence-corrected chi connectivity index (χ4v) is 2.55. The molecular weight excluding hydrogens is 254 g/mol. The van der Waals surface area contributed by atoms with E-state index in [1.807, 2.05) is 13.8 Å². The normalized spacial score (nSPS) is 12.0. The number of methoxy groups -OCH3 is 1. The quantitative estimate of drug-likeness (QED) is 0.780. The van der Waals surface area contributed by atoms with Crippen LogP contribution in [0.15, 0.2) is 6.07 Å². The Hall–Kier alpha value is -1.40. The van der Waals surface area contributed by atoms with Crippen molar-refractivity contribution in [2.45, 2.75) is 26.3 Å². The van der Waals surface area contributed by atoms with Crippen LogP contribution in [0.25, 0.3) is 0 Å². The number of rotatable bonds is 5. The summed E-state index contributed by atoms with van der Waals surface area (Å²) in [6, 6.07) is 0.764. The lowest BCUT2D eigenvalue weighted by Gasteiger charge is -2.12. The maximum absolute atomic E-state index is 11.9. The number of esters is 1. The van der Waals surface area contributed by atoms with Crippen molar-refractivity contribution in [3.8, 4) is 0 Å². The average molecular weight is 271 g/mol. The van der Waals surface area contributed by atoms with Gasteiger partial charge in [0, 0.05) is 4.88 Å². The second kappa shape index (κ2) is 6.51. The number of carbonyl (C=O) groups excluding carboxylic acids is 2. The fraction of sp³-hybridized carbons (Fsp3) is 0.500. The van der Waals surface area contributed by atoms with Gasteiger partial charge in [-0.25, -0.2) is 4.79 Å². The molecule has 0 saturated heterocycles. The second-order valence-corrected chi connectivity index (χ2v) is 4.94. The molecule has 0 aliphatic carbocycles. The number of hydrogen-bond acceptors (Lipinski definition) is 5. The van der Waals surface area contributed by atoms with Gasteiger partial charge in [0.05, 0.1) is 18.6 Å². The first-order valence-electron chi connectivity index (χ1n) is 5.62. The highest BCUT2D eigenvalue weighted by Crippen LogP contribution is 2.22. The number of aryl methyl sites for hydroxylation is 2. The standard InChI is InChI=1S/C12H17NO4S/c1-4-9-7(2)5-10(18-9)11(15)13-8(6-14)12(16)17-3/h5,8,14H,4,6H2,1-3H3,(H,13,15). The SMILES string of the molecule is CCc1sc(C(=O)NC(CO)C(=O)OC)cc1C. The molecule has 5 nitrogen and oxygen atoms in total. The topological polar surface area (TPSA) is 75.6 Å². The Kier molecular flexibility index (Phi) is 5.30. The summed E-state index contributed by atoms with van der Waals surface area (Å²) in [6.45, 7) is 3.48. The van der Waals surface area contributed by atoms with Crippen molar-refractivity contribution in [1.29, 1.82) is 0 Å². The van der Waals surface area contributed by atoms with Gasteiger partial charge >= 0.3 is 5.97 Å². The maximum atomic E-state index is 11.9. The minimum absolute atomic E-state index is 0.368. The molecule has 0 radical (unpaired) electrons. The van der Waals surface area contributed by atoms with E-state index in [-0.39, 0.29) is 5.91 Å². The van der Waals surface area contributed by atoms with Crippen LogP contribution >= 0.6 is 11.3 Å². The molecule has 1 aromatic rings. The summed E-state index contributed by atoms with van der Waals surface area (Å²) in [5.41, 5.74) is 1.06. The maximum Gasteiger partial charge on any atom is 0.330 e. The van der Waals surface area contributed by atoms with Gasteiger partial charge in [-0.1, -0.05) is 6.92 Å². The summed E-state index contributed by atoms with van der Waals surface area (Å²) in [5, 5.41) is 11.5. The van der Waals surface area contributed by atoms with E-state index < -0.39 is 18.6 Å². The lowest BCUT2D eigenvalue weighted by atomic mass is 10.2. The Bertz CT molecular complexity index is 441. The van der Waals surface area contributed by atoms with Crippen molar-refractivity contribution in [2.75, 3.05) is 13.7 Å². The highest BCUT2D eigenvalue weighted by molar-refractivity contribution is 7.14. The van der Waals surface area contributed by atoms with Crippen LogP contribution in [0.3, 0.4) is 0 Å². The van der Waals surface area contributed by atoms with Crippen LogP contribution in [-0.2, 0) is 16.0 Å². The molecule has 0 aliphatic heterocycles. The monoisotopic (exact) mass is 271 g/mol. The number of carbonyl (C=O) groups is 2. The number of nitrogens with one attached hydrogen (secondary N) is 1. The van der Waals surface area contributed by atoms with Crippen LogP contribution in [0.2, 0.25) is 0 Å². The minimum Gasteiger partial charge on any atom is -0.467 e. The predicted octanol–water partition coefficient (Wildman–Crippen LogP) is 0.883. The molecule has 6 heteroatoms. The van der Waals surface area contributed by atoms with E-state index in [0.29, 0.717) is 4.88 Å². The van der Waals surface area contributed by atoms with Crippen molar-refractivity contribution >= 4 is 23.2 Å². The van der Waals surface area contributed by atoms with E-state index in [0.717, 1.165) is 16.9 Å². The summed E-state index contributed by atoms with van der Waals surface area (Å²) in [7, 11) is 1.21. The third-order valence-corrected chi connectivity index (χ3v) is 3.92. The number of aliphatic hydroxyl groups excluding tert-OH is 1. The van der Waals surface area contributed by atoms with Crippen LogP contribution in [-0.4, -0.2) is 36.7 Å². The first kappa shape index (κ1) is 14.7. The summed E-state index contributed by atoms with van der Waals surface area (Å²) < 4.78 is 4.48. The summed E-state index contributed by atoms with van der Waals surface area (Å²) in [5.74, 6) is -1.03. The molecular formula is C12H17NO4S. The third kappa shape index (κ3) is 3.30. The predicted molar refractivity (Wildman–Crippen MR) is 68.8 cm³/mol. The van der Waals surface area contributed by atoms with Crippen LogP contribution in [0, 0.1) is 6.92 Å². The van der Waals surface area contributed by atoms with Crippen LogP contribution in [0.5, 0.6) is 0 Å². The second-order valence-electron chi connectivity index (χ2n) is 3.80. The summed E-state index contributed by atoms with van der Waals surface area (Å²) in [4.78, 5) is 24.8. The van der Waals surface area contributed by atoms with E-state index in [1.54, 1.807) is 6.07 Å². The van der Waals surface area contributed by atoms with Crippen molar-refractivity contribution in [3.63, 3.8) is 0 Å². The summed E-state index contributed by atoms with van der Waals surface area (Å²) in [6.07, 6.45) is 0.865. The molecule has 0 aliphatic rings. The molecule has 0 aromatic carbocycles. The third-order valence-electron chi connectivity index (χ3n) is 2.54. The van der Waals surface area contributed by atoms with Gasteiger partial charge in [-0.15, -0.1) is 11.3 Å². The van der Waals surface area contributed by atoms with E-state index in [1.165, 1.54) is 18.4 Å². The number of ether oxygens (including phenoxy) is 1. The first-order chi connectivity index (χ1) is 8.53. The van der Waals surface area contributed by atoms with Gasteiger partial charge in [0.2, 0.25) is 0 Å². The van der Waals surface area contributed by atoms with Gasteiger partial charge in [-0.05, 0) is 25.0 Å². The number of aliphatic hydroxyl groups is 1. The zero-order valence-corrected chi connectivity index (χ0v) is 11.5. The molecule has 1 heterocycles. The zero-order chi connectivity index (χ0) is 13.7. The lowest BCUT2D eigenvalue weighted by Crippen LogP contribution is -2.43. The molecule has 0 spiro atoms. The molecule has 0 fully saturated rings. The molecule has 18 heavy (non-hydrogen) atoms. The molecule has 100 valence electrons. The Balaban J connectivity index is 2.77.